The third kappa shape index (κ3) is 1.48. The van der Waals surface area contributed by atoms with Crippen LogP contribution in [0.3, 0.4) is 0 Å². The number of carbonyl (C=O) groups is 1. The number of nitrogens with one attached hydrogen (secondary N) is 1. The Bertz CT molecular complexity index is 553. The molecule has 2 heterocycles. The van der Waals surface area contributed by atoms with Crippen LogP contribution >= 0.6 is 0 Å². The van der Waals surface area contributed by atoms with Gasteiger partial charge < -0.3 is 10.1 Å². The van der Waals surface area contributed by atoms with Gasteiger partial charge in [-0.1, -0.05) is 24.3 Å². The monoisotopic (exact) mass is 214 g/mol. The molecule has 0 bridgehead atoms. The molecule has 0 saturated carbocycles. The molecule has 0 spiro atoms. The molecule has 1 N–H and O–H groups in total. The minimum Gasteiger partial charge on any atom is -0.447 e. The first-order valence-electron chi connectivity index (χ1n) is 5.12. The summed E-state index contributed by atoms with van der Waals surface area (Å²) in [5.74, 6) is 0. The highest BCUT2D eigenvalue weighted by Crippen LogP contribution is 2.19. The Labute approximate surface area is 92.2 Å². The predicted octanol–water partition coefficient (Wildman–Crippen LogP) is 2.02. The van der Waals surface area contributed by atoms with Crippen molar-refractivity contribution in [1.29, 1.82) is 0 Å². The number of nitrogens with zero attached hydrogens (tertiary/aromatic N) is 1. The number of hydrogen-bond acceptors (Lipinski definition) is 3. The van der Waals surface area contributed by atoms with Crippen LogP contribution in [0.25, 0.3) is 10.9 Å². The molecule has 4 heteroatoms. The topological polar surface area (TPSA) is 51.2 Å². The first-order valence-corrected chi connectivity index (χ1v) is 5.12. The number of pyridine rings is 1. The van der Waals surface area contributed by atoms with Crippen LogP contribution < -0.4 is 5.32 Å². The number of fused-ring (bicyclic) bond motifs is 1. The predicted molar refractivity (Wildman–Crippen MR) is 59.0 cm³/mol. The number of aromatic nitrogens is 1. The van der Waals surface area contributed by atoms with Crippen molar-refractivity contribution in [3.63, 3.8) is 0 Å². The molecule has 1 saturated heterocycles. The van der Waals surface area contributed by atoms with E-state index in [1.165, 1.54) is 0 Å². The second kappa shape index (κ2) is 3.48. The summed E-state index contributed by atoms with van der Waals surface area (Å²) in [6, 6.07) is 11.7. The van der Waals surface area contributed by atoms with Crippen LogP contribution in [0.1, 0.15) is 11.7 Å². The molecular formula is C12H10N2O2. The van der Waals surface area contributed by atoms with E-state index in [0.29, 0.717) is 6.61 Å². The molecule has 0 radical (unpaired) electrons. The fourth-order valence-corrected chi connectivity index (χ4v) is 1.82. The Morgan fingerprint density at radius 3 is 2.94 bits per heavy atom. The minimum absolute atomic E-state index is 0.128. The first-order chi connectivity index (χ1) is 7.83. The van der Waals surface area contributed by atoms with E-state index in [1.54, 1.807) is 0 Å². The fourth-order valence-electron chi connectivity index (χ4n) is 1.82. The van der Waals surface area contributed by atoms with Crippen molar-refractivity contribution in [3.05, 3.63) is 42.1 Å². The van der Waals surface area contributed by atoms with Gasteiger partial charge in [0.2, 0.25) is 0 Å². The summed E-state index contributed by atoms with van der Waals surface area (Å²) >= 11 is 0. The van der Waals surface area contributed by atoms with Crippen LogP contribution in [-0.4, -0.2) is 17.7 Å². The molecule has 1 aromatic carbocycles. The molecular weight excluding hydrogens is 204 g/mol. The van der Waals surface area contributed by atoms with Gasteiger partial charge in [0.25, 0.3) is 0 Å². The fraction of sp³-hybridized carbons (Fsp3) is 0.167. The van der Waals surface area contributed by atoms with Gasteiger partial charge in [0, 0.05) is 5.39 Å². The standard InChI is InChI=1S/C12H10N2O2/c15-12-14-11(7-16-12)10-6-5-8-3-1-2-4-9(8)13-10/h1-6,11H,7H2,(H,14,15)/t11-/m1/s1. The van der Waals surface area contributed by atoms with Crippen molar-refractivity contribution in [2.24, 2.45) is 0 Å². The van der Waals surface area contributed by atoms with Gasteiger partial charge >= 0.3 is 6.09 Å². The van der Waals surface area contributed by atoms with E-state index < -0.39 is 0 Å². The molecule has 1 aliphatic heterocycles. The largest absolute Gasteiger partial charge is 0.447 e. The first kappa shape index (κ1) is 9.15. The average Bonchev–Trinajstić information content (AvgIpc) is 2.75. The van der Waals surface area contributed by atoms with Crippen molar-refractivity contribution in [2.45, 2.75) is 6.04 Å². The molecule has 80 valence electrons. The molecule has 4 nitrogen and oxygen atoms in total. The summed E-state index contributed by atoms with van der Waals surface area (Å²) in [7, 11) is 0. The summed E-state index contributed by atoms with van der Waals surface area (Å²) < 4.78 is 4.84. The summed E-state index contributed by atoms with van der Waals surface area (Å²) in [5.41, 5.74) is 1.77. The second-order valence-electron chi connectivity index (χ2n) is 3.72. The zero-order valence-corrected chi connectivity index (χ0v) is 8.51. The van der Waals surface area contributed by atoms with E-state index in [0.717, 1.165) is 16.6 Å². The minimum atomic E-state index is -0.375. The number of alkyl carbamates (subject to hydrolysis) is 1. The molecule has 1 aromatic heterocycles. The lowest BCUT2D eigenvalue weighted by molar-refractivity contribution is 0.177. The molecule has 16 heavy (non-hydrogen) atoms. The zero-order chi connectivity index (χ0) is 11.0. The zero-order valence-electron chi connectivity index (χ0n) is 8.51. The van der Waals surface area contributed by atoms with Gasteiger partial charge in [0.1, 0.15) is 12.6 Å². The maximum absolute atomic E-state index is 10.9. The lowest BCUT2D eigenvalue weighted by Gasteiger charge is -2.07. The van der Waals surface area contributed by atoms with Gasteiger partial charge in [-0.3, -0.25) is 4.98 Å². The summed E-state index contributed by atoms with van der Waals surface area (Å²) in [6.45, 7) is 0.351. The van der Waals surface area contributed by atoms with Crippen molar-refractivity contribution in [3.8, 4) is 0 Å². The lowest BCUT2D eigenvalue weighted by Crippen LogP contribution is -2.19. The highest BCUT2D eigenvalue weighted by atomic mass is 16.6. The Balaban J connectivity index is 2.02. The quantitative estimate of drug-likeness (QED) is 0.790. The van der Waals surface area contributed by atoms with Crippen molar-refractivity contribution >= 4 is 17.0 Å². The summed E-state index contributed by atoms with van der Waals surface area (Å²) in [5, 5.41) is 3.81. The number of amides is 1. The molecule has 2 aromatic rings. The van der Waals surface area contributed by atoms with Crippen molar-refractivity contribution in [1.82, 2.24) is 10.3 Å². The number of para-hydroxylation sites is 1. The highest BCUT2D eigenvalue weighted by molar-refractivity contribution is 5.78. The molecule has 1 amide bonds. The number of cyclic esters (lactones) is 1. The molecule has 0 unspecified atom stereocenters. The van der Waals surface area contributed by atoms with Crippen molar-refractivity contribution < 1.29 is 9.53 Å². The Morgan fingerprint density at radius 2 is 2.12 bits per heavy atom. The molecule has 3 rings (SSSR count). The van der Waals surface area contributed by atoms with E-state index in [9.17, 15) is 4.79 Å². The summed E-state index contributed by atoms with van der Waals surface area (Å²) in [4.78, 5) is 15.4. The lowest BCUT2D eigenvalue weighted by atomic mass is 10.1. The van der Waals surface area contributed by atoms with Crippen LogP contribution in [0.5, 0.6) is 0 Å². The number of hydrogen-bond donors (Lipinski definition) is 1. The maximum atomic E-state index is 10.9. The normalized spacial score (nSPS) is 19.5. The van der Waals surface area contributed by atoms with Crippen LogP contribution in [0, 0.1) is 0 Å². The maximum Gasteiger partial charge on any atom is 0.407 e. The van der Waals surface area contributed by atoms with Crippen LogP contribution in [0.2, 0.25) is 0 Å². The van der Waals surface area contributed by atoms with Crippen LogP contribution in [0.4, 0.5) is 4.79 Å². The Hall–Kier alpha value is -2.10. The van der Waals surface area contributed by atoms with E-state index in [-0.39, 0.29) is 12.1 Å². The number of rotatable bonds is 1. The van der Waals surface area contributed by atoms with E-state index in [4.69, 9.17) is 4.74 Å². The van der Waals surface area contributed by atoms with Gasteiger partial charge in [-0.25, -0.2) is 4.79 Å². The third-order valence-corrected chi connectivity index (χ3v) is 2.65. The number of ether oxygens (including phenoxy) is 1. The van der Waals surface area contributed by atoms with Gasteiger partial charge in [-0.2, -0.15) is 0 Å². The Morgan fingerprint density at radius 1 is 1.25 bits per heavy atom. The van der Waals surface area contributed by atoms with E-state index in [1.807, 2.05) is 36.4 Å². The van der Waals surface area contributed by atoms with Crippen molar-refractivity contribution in [2.75, 3.05) is 6.61 Å². The van der Waals surface area contributed by atoms with Gasteiger partial charge in [0.15, 0.2) is 0 Å². The Kier molecular flexibility index (Phi) is 1.99. The van der Waals surface area contributed by atoms with E-state index >= 15 is 0 Å². The highest BCUT2D eigenvalue weighted by Gasteiger charge is 2.24. The molecule has 1 atom stereocenters. The molecule has 0 aliphatic carbocycles. The summed E-state index contributed by atoms with van der Waals surface area (Å²) in [6.07, 6.45) is -0.375. The third-order valence-electron chi connectivity index (χ3n) is 2.65. The van der Waals surface area contributed by atoms with Crippen LogP contribution in [-0.2, 0) is 4.74 Å². The van der Waals surface area contributed by atoms with Gasteiger partial charge in [-0.15, -0.1) is 0 Å². The van der Waals surface area contributed by atoms with Gasteiger partial charge in [-0.05, 0) is 12.1 Å². The number of benzene rings is 1. The van der Waals surface area contributed by atoms with Gasteiger partial charge in [0.05, 0.1) is 11.2 Å². The van der Waals surface area contributed by atoms with Crippen LogP contribution in [0.15, 0.2) is 36.4 Å². The van der Waals surface area contributed by atoms with E-state index in [2.05, 4.69) is 10.3 Å². The average molecular weight is 214 g/mol. The second-order valence-corrected chi connectivity index (χ2v) is 3.72. The SMILES string of the molecule is O=C1N[C@@H](c2ccc3ccccc3n2)CO1. The number of carbonyl (C=O) groups excluding carboxylic acids is 1. The smallest absolute Gasteiger partial charge is 0.407 e. The molecule has 1 aliphatic rings. The molecule has 1 fully saturated rings.